The van der Waals surface area contributed by atoms with Crippen LogP contribution in [0.4, 0.5) is 11.8 Å². The molecule has 7 heteroatoms. The van der Waals surface area contributed by atoms with E-state index in [4.69, 9.17) is 0 Å². The lowest BCUT2D eigenvalue weighted by Crippen LogP contribution is -2.23. The van der Waals surface area contributed by atoms with E-state index in [1.165, 1.54) is 0 Å². The number of rotatable bonds is 4. The van der Waals surface area contributed by atoms with Gasteiger partial charge < -0.3 is 10.2 Å². The highest BCUT2D eigenvalue weighted by Crippen LogP contribution is 2.17. The molecule has 0 aromatic carbocycles. The minimum Gasteiger partial charge on any atom is -0.341 e. The van der Waals surface area contributed by atoms with Crippen molar-refractivity contribution < 1.29 is 4.79 Å². The van der Waals surface area contributed by atoms with Crippen molar-refractivity contribution in [1.29, 1.82) is 0 Å². The Kier molecular flexibility index (Phi) is 4.04. The zero-order chi connectivity index (χ0) is 15.5. The Labute approximate surface area is 129 Å². The van der Waals surface area contributed by atoms with Crippen molar-refractivity contribution in [3.8, 4) is 0 Å². The second-order valence-electron chi connectivity index (χ2n) is 5.40. The number of amides is 1. The second-order valence-corrected chi connectivity index (χ2v) is 5.40. The summed E-state index contributed by atoms with van der Waals surface area (Å²) in [7, 11) is 0. The molecule has 7 nitrogen and oxygen atoms in total. The summed E-state index contributed by atoms with van der Waals surface area (Å²) in [6, 6.07) is 3.47. The number of aryl methyl sites for hydroxylation is 2. The lowest BCUT2D eigenvalue weighted by Gasteiger charge is -2.16. The van der Waals surface area contributed by atoms with Gasteiger partial charge in [0.15, 0.2) is 5.82 Å². The first-order chi connectivity index (χ1) is 10.7. The molecule has 1 amide bonds. The third-order valence-corrected chi connectivity index (χ3v) is 3.67. The van der Waals surface area contributed by atoms with E-state index in [0.717, 1.165) is 38.2 Å². The van der Waals surface area contributed by atoms with Crippen LogP contribution in [0.2, 0.25) is 0 Å². The molecule has 1 aliphatic heterocycles. The minimum atomic E-state index is -0.257. The number of nitrogens with zero attached hydrogens (tertiary/aromatic N) is 5. The molecular weight excluding hydrogens is 280 g/mol. The average Bonchev–Trinajstić information content (AvgIpc) is 3.18. The third kappa shape index (κ3) is 3.08. The average molecular weight is 300 g/mol. The number of aromatic nitrogens is 4. The van der Waals surface area contributed by atoms with Gasteiger partial charge in [-0.05, 0) is 32.8 Å². The van der Waals surface area contributed by atoms with Crippen LogP contribution in [-0.4, -0.2) is 38.7 Å². The standard InChI is InChI=1S/C15H20N6O/c1-3-21-9-6-13(19-21)18-14(22)12-10-11(2)16-15(17-12)20-7-4-5-8-20/h6,9-10H,3-5,7-8H2,1-2H3,(H,18,19,22). The van der Waals surface area contributed by atoms with Gasteiger partial charge >= 0.3 is 0 Å². The summed E-state index contributed by atoms with van der Waals surface area (Å²) in [5.41, 5.74) is 1.17. The Hall–Kier alpha value is -2.44. The molecule has 0 aliphatic carbocycles. The summed E-state index contributed by atoms with van der Waals surface area (Å²) in [6.45, 7) is 6.54. The van der Waals surface area contributed by atoms with E-state index in [1.54, 1.807) is 16.8 Å². The fraction of sp³-hybridized carbons (Fsp3) is 0.467. The van der Waals surface area contributed by atoms with Gasteiger partial charge in [-0.25, -0.2) is 9.97 Å². The molecule has 2 aromatic heterocycles. The van der Waals surface area contributed by atoms with E-state index < -0.39 is 0 Å². The Bertz CT molecular complexity index is 674. The number of hydrogen-bond acceptors (Lipinski definition) is 5. The van der Waals surface area contributed by atoms with Crippen LogP contribution in [0.1, 0.15) is 35.9 Å². The van der Waals surface area contributed by atoms with Crippen LogP contribution in [0.3, 0.4) is 0 Å². The second kappa shape index (κ2) is 6.13. The van der Waals surface area contributed by atoms with Crippen LogP contribution in [0.15, 0.2) is 18.3 Å². The maximum absolute atomic E-state index is 12.4. The van der Waals surface area contributed by atoms with Crippen molar-refractivity contribution in [2.24, 2.45) is 0 Å². The first kappa shape index (κ1) is 14.5. The number of anilines is 2. The van der Waals surface area contributed by atoms with Gasteiger partial charge in [0.25, 0.3) is 5.91 Å². The lowest BCUT2D eigenvalue weighted by molar-refractivity contribution is 0.102. The minimum absolute atomic E-state index is 0.257. The van der Waals surface area contributed by atoms with Crippen LogP contribution in [0.25, 0.3) is 0 Å². The van der Waals surface area contributed by atoms with Crippen LogP contribution >= 0.6 is 0 Å². The molecule has 3 rings (SSSR count). The topological polar surface area (TPSA) is 75.9 Å². The monoisotopic (exact) mass is 300 g/mol. The van der Waals surface area contributed by atoms with E-state index in [1.807, 2.05) is 20.0 Å². The summed E-state index contributed by atoms with van der Waals surface area (Å²) >= 11 is 0. The van der Waals surface area contributed by atoms with Gasteiger partial charge in [0.1, 0.15) is 5.69 Å². The molecule has 22 heavy (non-hydrogen) atoms. The fourth-order valence-electron chi connectivity index (χ4n) is 2.51. The molecule has 3 heterocycles. The zero-order valence-corrected chi connectivity index (χ0v) is 12.9. The maximum atomic E-state index is 12.4. The maximum Gasteiger partial charge on any atom is 0.275 e. The molecule has 1 aliphatic rings. The van der Waals surface area contributed by atoms with Crippen molar-refractivity contribution in [2.75, 3.05) is 23.3 Å². The third-order valence-electron chi connectivity index (χ3n) is 3.67. The van der Waals surface area contributed by atoms with Crippen molar-refractivity contribution in [3.63, 3.8) is 0 Å². The molecule has 0 unspecified atom stereocenters. The Morgan fingerprint density at radius 3 is 2.77 bits per heavy atom. The molecule has 2 aromatic rings. The summed E-state index contributed by atoms with van der Waals surface area (Å²) in [4.78, 5) is 23.3. The van der Waals surface area contributed by atoms with E-state index >= 15 is 0 Å². The fourth-order valence-corrected chi connectivity index (χ4v) is 2.51. The van der Waals surface area contributed by atoms with Gasteiger partial charge in [0.2, 0.25) is 5.95 Å². The Balaban J connectivity index is 1.79. The first-order valence-corrected chi connectivity index (χ1v) is 7.61. The molecule has 0 spiro atoms. The van der Waals surface area contributed by atoms with E-state index in [2.05, 4.69) is 25.3 Å². The highest BCUT2D eigenvalue weighted by atomic mass is 16.2. The zero-order valence-electron chi connectivity index (χ0n) is 12.9. The van der Waals surface area contributed by atoms with Crippen LogP contribution in [0, 0.1) is 6.92 Å². The summed E-state index contributed by atoms with van der Waals surface area (Å²) in [5, 5.41) is 7.03. The van der Waals surface area contributed by atoms with Gasteiger partial charge in [-0.2, -0.15) is 5.10 Å². The van der Waals surface area contributed by atoms with Gasteiger partial charge in [-0.15, -0.1) is 0 Å². The highest BCUT2D eigenvalue weighted by Gasteiger charge is 2.18. The molecule has 0 atom stereocenters. The van der Waals surface area contributed by atoms with Crippen LogP contribution in [-0.2, 0) is 6.54 Å². The first-order valence-electron chi connectivity index (χ1n) is 7.61. The molecule has 1 saturated heterocycles. The predicted octanol–water partition coefficient (Wildman–Crippen LogP) is 1.85. The van der Waals surface area contributed by atoms with Crippen molar-refractivity contribution in [3.05, 3.63) is 29.7 Å². The van der Waals surface area contributed by atoms with Crippen LogP contribution < -0.4 is 10.2 Å². The van der Waals surface area contributed by atoms with Gasteiger partial charge in [-0.3, -0.25) is 9.48 Å². The van der Waals surface area contributed by atoms with E-state index in [-0.39, 0.29) is 5.91 Å². The molecule has 0 saturated carbocycles. The molecular formula is C15H20N6O. The number of hydrogen-bond donors (Lipinski definition) is 1. The SMILES string of the molecule is CCn1ccc(NC(=O)c2cc(C)nc(N3CCCC3)n2)n1. The summed E-state index contributed by atoms with van der Waals surface area (Å²) < 4.78 is 1.76. The normalized spacial score (nSPS) is 14.4. The Morgan fingerprint density at radius 2 is 2.09 bits per heavy atom. The summed E-state index contributed by atoms with van der Waals surface area (Å²) in [5.74, 6) is 0.917. The summed E-state index contributed by atoms with van der Waals surface area (Å²) in [6.07, 6.45) is 4.12. The molecule has 0 radical (unpaired) electrons. The van der Waals surface area contributed by atoms with E-state index in [0.29, 0.717) is 17.5 Å². The lowest BCUT2D eigenvalue weighted by atomic mass is 10.3. The highest BCUT2D eigenvalue weighted by molar-refractivity contribution is 6.02. The van der Waals surface area contributed by atoms with Crippen molar-refractivity contribution >= 4 is 17.7 Å². The number of carbonyl (C=O) groups excluding carboxylic acids is 1. The molecule has 0 bridgehead atoms. The van der Waals surface area contributed by atoms with Gasteiger partial charge in [0, 0.05) is 37.6 Å². The molecule has 1 fully saturated rings. The quantitative estimate of drug-likeness (QED) is 0.932. The van der Waals surface area contributed by atoms with Crippen molar-refractivity contribution in [1.82, 2.24) is 19.7 Å². The largest absolute Gasteiger partial charge is 0.341 e. The van der Waals surface area contributed by atoms with Gasteiger partial charge in [-0.1, -0.05) is 0 Å². The Morgan fingerprint density at radius 1 is 1.32 bits per heavy atom. The molecule has 1 N–H and O–H groups in total. The number of carbonyl (C=O) groups is 1. The van der Waals surface area contributed by atoms with E-state index in [9.17, 15) is 4.79 Å². The van der Waals surface area contributed by atoms with Crippen molar-refractivity contribution in [2.45, 2.75) is 33.2 Å². The number of nitrogens with one attached hydrogen (secondary N) is 1. The predicted molar refractivity (Wildman–Crippen MR) is 84.1 cm³/mol. The van der Waals surface area contributed by atoms with Gasteiger partial charge in [0.05, 0.1) is 0 Å². The van der Waals surface area contributed by atoms with Crippen LogP contribution in [0.5, 0.6) is 0 Å². The smallest absolute Gasteiger partial charge is 0.275 e. The molecule has 116 valence electrons.